The minimum Gasteiger partial charge on any atom is -0.357 e. The molecule has 25 heavy (non-hydrogen) atoms. The van der Waals surface area contributed by atoms with Crippen LogP contribution in [-0.2, 0) is 19.5 Å². The fourth-order valence-electron chi connectivity index (χ4n) is 3.16. The predicted octanol–water partition coefficient (Wildman–Crippen LogP) is 2.82. The SMILES string of the molecule is CCNC(=NCc1nnc2n1CCCCC2)NC(C)c1ccccc1. The predicted molar refractivity (Wildman–Crippen MR) is 100 cm³/mol. The van der Waals surface area contributed by atoms with Crippen LogP contribution in [0.2, 0.25) is 0 Å². The minimum absolute atomic E-state index is 0.189. The number of benzene rings is 1. The normalized spacial score (nSPS) is 16.0. The van der Waals surface area contributed by atoms with Crippen LogP contribution in [0.25, 0.3) is 0 Å². The van der Waals surface area contributed by atoms with Crippen LogP contribution < -0.4 is 10.6 Å². The smallest absolute Gasteiger partial charge is 0.192 e. The maximum absolute atomic E-state index is 4.73. The number of nitrogens with zero attached hydrogens (tertiary/aromatic N) is 4. The molecule has 0 radical (unpaired) electrons. The first kappa shape index (κ1) is 17.5. The highest BCUT2D eigenvalue weighted by Gasteiger charge is 2.14. The molecule has 2 aromatic rings. The van der Waals surface area contributed by atoms with E-state index >= 15 is 0 Å². The summed E-state index contributed by atoms with van der Waals surface area (Å²) in [6.45, 7) is 6.60. The number of nitrogens with one attached hydrogen (secondary N) is 2. The van der Waals surface area contributed by atoms with E-state index in [-0.39, 0.29) is 6.04 Å². The second-order valence-electron chi connectivity index (χ2n) is 6.47. The molecule has 3 rings (SSSR count). The van der Waals surface area contributed by atoms with Gasteiger partial charge in [0.2, 0.25) is 0 Å². The molecule has 0 bridgehead atoms. The van der Waals surface area contributed by atoms with Gasteiger partial charge in [-0.25, -0.2) is 4.99 Å². The monoisotopic (exact) mass is 340 g/mol. The molecule has 1 aliphatic heterocycles. The molecule has 134 valence electrons. The van der Waals surface area contributed by atoms with Gasteiger partial charge in [0.15, 0.2) is 11.8 Å². The molecule has 1 atom stereocenters. The number of guanidine groups is 1. The molecule has 0 spiro atoms. The summed E-state index contributed by atoms with van der Waals surface area (Å²) in [6.07, 6.45) is 4.70. The summed E-state index contributed by atoms with van der Waals surface area (Å²) in [7, 11) is 0. The van der Waals surface area contributed by atoms with Gasteiger partial charge in [0, 0.05) is 19.5 Å². The second-order valence-corrected chi connectivity index (χ2v) is 6.47. The molecular formula is C19H28N6. The molecule has 2 heterocycles. The van der Waals surface area contributed by atoms with Crippen LogP contribution in [0.15, 0.2) is 35.3 Å². The van der Waals surface area contributed by atoms with Crippen LogP contribution in [0.4, 0.5) is 0 Å². The second kappa shape index (κ2) is 8.65. The molecule has 6 nitrogen and oxygen atoms in total. The molecule has 1 aliphatic rings. The van der Waals surface area contributed by atoms with Crippen molar-refractivity contribution in [1.82, 2.24) is 25.4 Å². The van der Waals surface area contributed by atoms with Crippen LogP contribution in [0.5, 0.6) is 0 Å². The van der Waals surface area contributed by atoms with Crippen molar-refractivity contribution in [2.75, 3.05) is 6.54 Å². The van der Waals surface area contributed by atoms with E-state index in [2.05, 4.69) is 63.5 Å². The van der Waals surface area contributed by atoms with E-state index in [1.54, 1.807) is 0 Å². The Labute approximate surface area is 149 Å². The van der Waals surface area contributed by atoms with Gasteiger partial charge < -0.3 is 15.2 Å². The summed E-state index contributed by atoms with van der Waals surface area (Å²) in [6, 6.07) is 10.6. The number of hydrogen-bond donors (Lipinski definition) is 2. The minimum atomic E-state index is 0.189. The third-order valence-corrected chi connectivity index (χ3v) is 4.56. The van der Waals surface area contributed by atoms with E-state index in [1.165, 1.54) is 24.8 Å². The molecule has 6 heteroatoms. The van der Waals surface area contributed by atoms with Crippen LogP contribution >= 0.6 is 0 Å². The van der Waals surface area contributed by atoms with Gasteiger partial charge in [0.1, 0.15) is 12.4 Å². The summed E-state index contributed by atoms with van der Waals surface area (Å²) in [5.74, 6) is 2.88. The highest BCUT2D eigenvalue weighted by Crippen LogP contribution is 2.15. The Hall–Kier alpha value is -2.37. The molecule has 1 unspecified atom stereocenters. The molecule has 0 saturated heterocycles. The molecule has 0 saturated carbocycles. The Morgan fingerprint density at radius 3 is 2.84 bits per heavy atom. The molecule has 0 amide bonds. The number of hydrogen-bond acceptors (Lipinski definition) is 3. The molecule has 1 aromatic heterocycles. The summed E-state index contributed by atoms with van der Waals surface area (Å²) < 4.78 is 2.25. The van der Waals surface area contributed by atoms with Gasteiger partial charge in [-0.15, -0.1) is 10.2 Å². The van der Waals surface area contributed by atoms with Crippen LogP contribution in [0.1, 0.15) is 56.4 Å². The highest BCUT2D eigenvalue weighted by molar-refractivity contribution is 5.80. The summed E-state index contributed by atoms with van der Waals surface area (Å²) in [5.41, 5.74) is 1.24. The maximum atomic E-state index is 4.73. The number of aryl methyl sites for hydroxylation is 1. The van der Waals surface area contributed by atoms with Crippen LogP contribution in [0, 0.1) is 0 Å². The Kier molecular flexibility index (Phi) is 6.04. The molecular weight excluding hydrogens is 312 g/mol. The van der Waals surface area contributed by atoms with Gasteiger partial charge in [-0.05, 0) is 32.3 Å². The van der Waals surface area contributed by atoms with Crippen molar-refractivity contribution in [3.05, 3.63) is 47.5 Å². The topological polar surface area (TPSA) is 67.1 Å². The lowest BCUT2D eigenvalue weighted by atomic mass is 10.1. The van der Waals surface area contributed by atoms with Crippen LogP contribution in [0.3, 0.4) is 0 Å². The zero-order valence-corrected chi connectivity index (χ0v) is 15.2. The quantitative estimate of drug-likeness (QED) is 0.649. The lowest BCUT2D eigenvalue weighted by Gasteiger charge is -2.18. The van der Waals surface area contributed by atoms with Crippen molar-refractivity contribution in [1.29, 1.82) is 0 Å². The van der Waals surface area contributed by atoms with Gasteiger partial charge in [-0.2, -0.15) is 0 Å². The lowest BCUT2D eigenvalue weighted by Crippen LogP contribution is -2.38. The highest BCUT2D eigenvalue weighted by atomic mass is 15.3. The van der Waals surface area contributed by atoms with E-state index in [0.29, 0.717) is 6.54 Å². The Morgan fingerprint density at radius 2 is 2.04 bits per heavy atom. The lowest BCUT2D eigenvalue weighted by molar-refractivity contribution is 0.604. The Bertz CT molecular complexity index is 691. The third kappa shape index (κ3) is 4.59. The summed E-state index contributed by atoms with van der Waals surface area (Å²) in [5, 5.41) is 15.5. The van der Waals surface area contributed by atoms with Gasteiger partial charge in [-0.1, -0.05) is 36.8 Å². The Morgan fingerprint density at radius 1 is 1.20 bits per heavy atom. The first-order valence-corrected chi connectivity index (χ1v) is 9.28. The average Bonchev–Trinajstić information content (AvgIpc) is 2.87. The average molecular weight is 340 g/mol. The number of aliphatic imine (C=N–C) groups is 1. The summed E-state index contributed by atoms with van der Waals surface area (Å²) >= 11 is 0. The van der Waals surface area contributed by atoms with Gasteiger partial charge in [0.25, 0.3) is 0 Å². The number of fused-ring (bicyclic) bond motifs is 1. The maximum Gasteiger partial charge on any atom is 0.192 e. The van der Waals surface area contributed by atoms with E-state index in [0.717, 1.165) is 37.1 Å². The van der Waals surface area contributed by atoms with E-state index < -0.39 is 0 Å². The van der Waals surface area contributed by atoms with Crippen molar-refractivity contribution in [3.63, 3.8) is 0 Å². The van der Waals surface area contributed by atoms with Crippen molar-refractivity contribution in [2.45, 2.75) is 58.7 Å². The molecule has 0 aliphatic carbocycles. The molecule has 2 N–H and O–H groups in total. The van der Waals surface area contributed by atoms with Crippen molar-refractivity contribution in [3.8, 4) is 0 Å². The fraction of sp³-hybridized carbons (Fsp3) is 0.526. The first-order valence-electron chi connectivity index (χ1n) is 9.28. The molecule has 0 fully saturated rings. The van der Waals surface area contributed by atoms with Crippen LogP contribution in [-0.4, -0.2) is 27.3 Å². The molecule has 1 aromatic carbocycles. The zero-order valence-electron chi connectivity index (χ0n) is 15.2. The number of aromatic nitrogens is 3. The first-order chi connectivity index (χ1) is 12.3. The number of rotatable bonds is 5. The van der Waals surface area contributed by atoms with Gasteiger partial charge in [-0.3, -0.25) is 0 Å². The van der Waals surface area contributed by atoms with Gasteiger partial charge >= 0.3 is 0 Å². The van der Waals surface area contributed by atoms with Crippen molar-refractivity contribution in [2.24, 2.45) is 4.99 Å². The fourth-order valence-corrected chi connectivity index (χ4v) is 3.16. The summed E-state index contributed by atoms with van der Waals surface area (Å²) in [4.78, 5) is 4.73. The van der Waals surface area contributed by atoms with Crippen molar-refractivity contribution >= 4 is 5.96 Å². The van der Waals surface area contributed by atoms with E-state index in [1.807, 2.05) is 6.07 Å². The largest absolute Gasteiger partial charge is 0.357 e. The third-order valence-electron chi connectivity index (χ3n) is 4.56. The standard InChI is InChI=1S/C19H28N6/c1-3-20-19(22-15(2)16-10-6-4-7-11-16)21-14-18-24-23-17-12-8-5-9-13-25(17)18/h4,6-7,10-11,15H,3,5,8-9,12-14H2,1-2H3,(H2,20,21,22). The zero-order chi connectivity index (χ0) is 17.5. The Balaban J connectivity index is 1.69. The van der Waals surface area contributed by atoms with E-state index in [9.17, 15) is 0 Å². The van der Waals surface area contributed by atoms with E-state index in [4.69, 9.17) is 4.99 Å². The van der Waals surface area contributed by atoms with Gasteiger partial charge in [0.05, 0.1) is 6.04 Å². The van der Waals surface area contributed by atoms with Crippen molar-refractivity contribution < 1.29 is 0 Å².